The number of benzene rings is 3. The Kier molecular flexibility index (Phi) is 6.50. The smallest absolute Gasteiger partial charge is 0.339 e. The van der Waals surface area contributed by atoms with Gasteiger partial charge in [0, 0.05) is 16.8 Å². The van der Waals surface area contributed by atoms with Gasteiger partial charge < -0.3 is 4.18 Å². The highest BCUT2D eigenvalue weighted by Crippen LogP contribution is 2.34. The van der Waals surface area contributed by atoms with Crippen LogP contribution in [0, 0.1) is 26.6 Å². The van der Waals surface area contributed by atoms with Gasteiger partial charge in [-0.25, -0.2) is 4.39 Å². The summed E-state index contributed by atoms with van der Waals surface area (Å²) < 4.78 is 43.7. The second-order valence-electron chi connectivity index (χ2n) is 6.78. The Morgan fingerprint density at radius 3 is 2.23 bits per heavy atom. The van der Waals surface area contributed by atoms with Gasteiger partial charge in [0.25, 0.3) is 0 Å². The molecule has 0 amide bonds. The molecule has 3 aromatic carbocycles. The standard InChI is InChI=1S/C22H18Cl2FNO3S/c1-13-8-15(3)21(9-14(13)2)26-12-16-10-17(23)11-20(24)22(16)29-30(27,28)19-6-4-18(25)5-7-19/h4-12H,1-3H3. The van der Waals surface area contributed by atoms with Crippen LogP contribution in [0.5, 0.6) is 5.75 Å². The van der Waals surface area contributed by atoms with Crippen LogP contribution in [0.3, 0.4) is 0 Å². The van der Waals surface area contributed by atoms with Crippen LogP contribution < -0.4 is 4.18 Å². The van der Waals surface area contributed by atoms with Crippen LogP contribution in [-0.4, -0.2) is 14.6 Å². The van der Waals surface area contributed by atoms with E-state index in [9.17, 15) is 12.8 Å². The molecule has 0 heterocycles. The van der Waals surface area contributed by atoms with E-state index in [-0.39, 0.29) is 21.2 Å². The topological polar surface area (TPSA) is 55.7 Å². The zero-order chi connectivity index (χ0) is 22.1. The molecule has 30 heavy (non-hydrogen) atoms. The Morgan fingerprint density at radius 1 is 0.933 bits per heavy atom. The van der Waals surface area contributed by atoms with E-state index in [2.05, 4.69) is 4.99 Å². The van der Waals surface area contributed by atoms with Crippen molar-refractivity contribution in [2.45, 2.75) is 25.7 Å². The summed E-state index contributed by atoms with van der Waals surface area (Å²) in [5.74, 6) is -0.675. The zero-order valence-electron chi connectivity index (χ0n) is 16.4. The molecule has 0 saturated carbocycles. The Hall–Kier alpha value is -2.41. The lowest BCUT2D eigenvalue weighted by Crippen LogP contribution is -2.11. The van der Waals surface area contributed by atoms with Crippen molar-refractivity contribution >= 4 is 45.2 Å². The third-order valence-electron chi connectivity index (χ3n) is 4.49. The minimum atomic E-state index is -4.25. The van der Waals surface area contributed by atoms with Gasteiger partial charge in [-0.15, -0.1) is 0 Å². The highest BCUT2D eigenvalue weighted by Gasteiger charge is 2.21. The van der Waals surface area contributed by atoms with E-state index in [0.29, 0.717) is 5.02 Å². The maximum atomic E-state index is 13.1. The largest absolute Gasteiger partial charge is 0.377 e. The van der Waals surface area contributed by atoms with Crippen LogP contribution >= 0.6 is 23.2 Å². The van der Waals surface area contributed by atoms with Gasteiger partial charge in [-0.2, -0.15) is 8.42 Å². The molecule has 0 bridgehead atoms. The fourth-order valence-corrected chi connectivity index (χ4v) is 4.31. The summed E-state index contributed by atoms with van der Waals surface area (Å²) in [6.45, 7) is 5.92. The number of halogens is 3. The summed E-state index contributed by atoms with van der Waals surface area (Å²) in [4.78, 5) is 4.26. The summed E-state index contributed by atoms with van der Waals surface area (Å²) in [6.07, 6.45) is 1.45. The average Bonchev–Trinajstić information content (AvgIpc) is 2.66. The summed E-state index contributed by atoms with van der Waals surface area (Å²) in [6, 6.07) is 11.1. The van der Waals surface area contributed by atoms with Gasteiger partial charge in [0.2, 0.25) is 0 Å². The van der Waals surface area contributed by atoms with Gasteiger partial charge in [0.1, 0.15) is 10.7 Å². The third-order valence-corrected chi connectivity index (χ3v) is 6.22. The molecule has 3 rings (SSSR count). The van der Waals surface area contributed by atoms with Gasteiger partial charge in [-0.3, -0.25) is 4.99 Å². The maximum absolute atomic E-state index is 13.1. The number of nitrogens with zero attached hydrogens (tertiary/aromatic N) is 1. The molecule has 0 spiro atoms. The van der Waals surface area contributed by atoms with Crippen molar-refractivity contribution < 1.29 is 17.0 Å². The van der Waals surface area contributed by atoms with Gasteiger partial charge in [-0.05, 0) is 79.9 Å². The molecule has 0 fully saturated rings. The third kappa shape index (κ3) is 5.01. The van der Waals surface area contributed by atoms with Crippen LogP contribution in [0.4, 0.5) is 10.1 Å². The first-order chi connectivity index (χ1) is 14.1. The molecule has 3 aromatic rings. The van der Waals surface area contributed by atoms with Gasteiger partial charge in [0.05, 0.1) is 10.7 Å². The van der Waals surface area contributed by atoms with E-state index in [4.69, 9.17) is 27.4 Å². The number of hydrogen-bond donors (Lipinski definition) is 0. The van der Waals surface area contributed by atoms with Crippen molar-refractivity contribution in [3.05, 3.63) is 86.6 Å². The molecular formula is C22H18Cl2FNO3S. The molecule has 0 saturated heterocycles. The first-order valence-electron chi connectivity index (χ1n) is 8.88. The summed E-state index contributed by atoms with van der Waals surface area (Å²) >= 11 is 12.3. The fourth-order valence-electron chi connectivity index (χ4n) is 2.75. The molecule has 0 aliphatic carbocycles. The number of aryl methyl sites for hydroxylation is 3. The van der Waals surface area contributed by atoms with Crippen molar-refractivity contribution in [3.8, 4) is 5.75 Å². The van der Waals surface area contributed by atoms with Crippen molar-refractivity contribution in [1.29, 1.82) is 0 Å². The Bertz CT molecular complexity index is 1240. The monoisotopic (exact) mass is 465 g/mol. The molecule has 0 aromatic heterocycles. The Morgan fingerprint density at radius 2 is 1.57 bits per heavy atom. The van der Waals surface area contributed by atoms with Gasteiger partial charge >= 0.3 is 10.1 Å². The fraction of sp³-hybridized carbons (Fsp3) is 0.136. The zero-order valence-corrected chi connectivity index (χ0v) is 18.7. The Labute approximate surface area is 185 Å². The molecule has 4 nitrogen and oxygen atoms in total. The first-order valence-corrected chi connectivity index (χ1v) is 11.0. The van der Waals surface area contributed by atoms with Crippen molar-refractivity contribution in [3.63, 3.8) is 0 Å². The number of rotatable bonds is 5. The first kappa shape index (κ1) is 22.3. The molecule has 0 unspecified atom stereocenters. The molecule has 0 radical (unpaired) electrons. The van der Waals surface area contributed by atoms with Crippen molar-refractivity contribution in [1.82, 2.24) is 0 Å². The van der Waals surface area contributed by atoms with Crippen LogP contribution in [0.2, 0.25) is 10.0 Å². The van der Waals surface area contributed by atoms with Crippen LogP contribution in [0.1, 0.15) is 22.3 Å². The molecule has 8 heteroatoms. The number of aliphatic imine (C=N–C) groups is 1. The lowest BCUT2D eigenvalue weighted by atomic mass is 10.1. The van der Waals surface area contributed by atoms with E-state index in [1.165, 1.54) is 18.3 Å². The minimum absolute atomic E-state index is 0.00597. The van der Waals surface area contributed by atoms with E-state index >= 15 is 0 Å². The molecule has 0 aliphatic heterocycles. The molecule has 0 aliphatic rings. The molecule has 156 valence electrons. The summed E-state index contributed by atoms with van der Waals surface area (Å²) in [5.41, 5.74) is 4.19. The maximum Gasteiger partial charge on any atom is 0.339 e. The van der Waals surface area contributed by atoms with E-state index in [1.54, 1.807) is 0 Å². The molecule has 0 N–H and O–H groups in total. The average molecular weight is 466 g/mol. The minimum Gasteiger partial charge on any atom is -0.377 e. The summed E-state index contributed by atoms with van der Waals surface area (Å²) in [5, 5.41) is 0.302. The highest BCUT2D eigenvalue weighted by atomic mass is 35.5. The Balaban J connectivity index is 2.03. The predicted octanol–water partition coefficient (Wildman–Crippen LogP) is 6.58. The lowest BCUT2D eigenvalue weighted by molar-refractivity contribution is 0.485. The quantitative estimate of drug-likeness (QED) is 0.316. The second kappa shape index (κ2) is 8.76. The van der Waals surface area contributed by atoms with Crippen molar-refractivity contribution in [2.75, 3.05) is 0 Å². The second-order valence-corrected chi connectivity index (χ2v) is 9.17. The van der Waals surface area contributed by atoms with Crippen LogP contribution in [0.15, 0.2) is 58.4 Å². The van der Waals surface area contributed by atoms with Gasteiger partial charge in [0.15, 0.2) is 5.75 Å². The lowest BCUT2D eigenvalue weighted by Gasteiger charge is -2.12. The van der Waals surface area contributed by atoms with E-state index in [0.717, 1.165) is 46.6 Å². The molecule has 0 atom stereocenters. The molecular weight excluding hydrogens is 448 g/mol. The van der Waals surface area contributed by atoms with Gasteiger partial charge in [-0.1, -0.05) is 29.3 Å². The van der Waals surface area contributed by atoms with E-state index in [1.807, 2.05) is 32.9 Å². The normalized spacial score (nSPS) is 11.8. The van der Waals surface area contributed by atoms with Crippen molar-refractivity contribution in [2.24, 2.45) is 4.99 Å². The summed E-state index contributed by atoms with van der Waals surface area (Å²) in [7, 11) is -4.25. The highest BCUT2D eigenvalue weighted by molar-refractivity contribution is 7.87. The van der Waals surface area contributed by atoms with E-state index < -0.39 is 15.9 Å². The number of hydrogen-bond acceptors (Lipinski definition) is 4. The van der Waals surface area contributed by atoms with Crippen LogP contribution in [-0.2, 0) is 10.1 Å². The predicted molar refractivity (Wildman–Crippen MR) is 119 cm³/mol. The SMILES string of the molecule is Cc1cc(C)c(N=Cc2cc(Cl)cc(Cl)c2OS(=O)(=O)c2ccc(F)cc2)cc1C. The van der Waals surface area contributed by atoms with Crippen LogP contribution in [0.25, 0.3) is 0 Å².